The molecular weight excluding hydrogens is 415 g/mol. The lowest BCUT2D eigenvalue weighted by atomic mass is 9.96. The molecule has 0 aliphatic carbocycles. The van der Waals surface area contributed by atoms with Crippen LogP contribution in [0.3, 0.4) is 0 Å². The van der Waals surface area contributed by atoms with E-state index in [1.165, 1.54) is 0 Å². The van der Waals surface area contributed by atoms with Crippen LogP contribution < -0.4 is 5.32 Å². The highest BCUT2D eigenvalue weighted by Gasteiger charge is 2.29. The molecule has 1 saturated heterocycles. The molecule has 2 rings (SSSR count). The first-order chi connectivity index (χ1) is 10.5. The Labute approximate surface area is 149 Å². The maximum absolute atomic E-state index is 12.7. The molecule has 0 aromatic heterocycles. The fourth-order valence-corrected chi connectivity index (χ4v) is 3.34. The summed E-state index contributed by atoms with van der Waals surface area (Å²) in [6.45, 7) is 3.89. The van der Waals surface area contributed by atoms with Crippen LogP contribution in [0.5, 0.6) is 0 Å². The summed E-state index contributed by atoms with van der Waals surface area (Å²) in [4.78, 5) is 26.6. The van der Waals surface area contributed by atoms with Crippen LogP contribution >= 0.6 is 34.2 Å². The monoisotopic (exact) mass is 434 g/mol. The van der Waals surface area contributed by atoms with Crippen molar-refractivity contribution in [2.24, 2.45) is 5.92 Å². The Balaban J connectivity index is 2.07. The Morgan fingerprint density at radius 2 is 2.23 bits per heavy atom. The lowest BCUT2D eigenvalue weighted by Crippen LogP contribution is -2.45. The van der Waals surface area contributed by atoms with Crippen LogP contribution in [0.4, 0.5) is 0 Å². The van der Waals surface area contributed by atoms with E-state index in [1.807, 2.05) is 13.0 Å². The van der Waals surface area contributed by atoms with Gasteiger partial charge in [0.1, 0.15) is 0 Å². The van der Waals surface area contributed by atoms with Crippen LogP contribution in [-0.4, -0.2) is 36.3 Å². The molecule has 0 saturated carbocycles. The Kier molecular flexibility index (Phi) is 6.50. The molecule has 1 N–H and O–H groups in total. The van der Waals surface area contributed by atoms with Gasteiger partial charge >= 0.3 is 0 Å². The summed E-state index contributed by atoms with van der Waals surface area (Å²) in [5, 5.41) is 3.48. The standard InChI is InChI=1S/C16H20ClIN2O2/c1-2-7-19-15(21)11-4-3-8-20(10-11)16(22)13-9-12(17)5-6-14(13)18/h5-6,9,11H,2-4,7-8,10H2,1H3,(H,19,21). The van der Waals surface area contributed by atoms with Crippen LogP contribution in [0.2, 0.25) is 5.02 Å². The van der Waals surface area contributed by atoms with Gasteiger partial charge in [0.15, 0.2) is 0 Å². The molecule has 1 aromatic rings. The molecule has 1 atom stereocenters. The highest BCUT2D eigenvalue weighted by molar-refractivity contribution is 14.1. The van der Waals surface area contributed by atoms with E-state index in [0.717, 1.165) is 22.8 Å². The van der Waals surface area contributed by atoms with Crippen LogP contribution in [-0.2, 0) is 4.79 Å². The van der Waals surface area contributed by atoms with E-state index in [2.05, 4.69) is 27.9 Å². The van der Waals surface area contributed by atoms with Crippen molar-refractivity contribution in [2.75, 3.05) is 19.6 Å². The van der Waals surface area contributed by atoms with E-state index < -0.39 is 0 Å². The highest BCUT2D eigenvalue weighted by atomic mass is 127. The van der Waals surface area contributed by atoms with Crippen LogP contribution in [0.1, 0.15) is 36.5 Å². The first kappa shape index (κ1) is 17.5. The van der Waals surface area contributed by atoms with Crippen molar-refractivity contribution >= 4 is 46.0 Å². The number of carbonyl (C=O) groups is 2. The lowest BCUT2D eigenvalue weighted by molar-refractivity contribution is -0.126. The predicted molar refractivity (Wildman–Crippen MR) is 96.1 cm³/mol. The first-order valence-corrected chi connectivity index (χ1v) is 9.00. The fraction of sp³-hybridized carbons (Fsp3) is 0.500. The number of nitrogens with one attached hydrogen (secondary N) is 1. The molecule has 0 radical (unpaired) electrons. The van der Waals surface area contributed by atoms with Gasteiger partial charge in [0, 0.05) is 28.2 Å². The molecule has 22 heavy (non-hydrogen) atoms. The number of halogens is 2. The van der Waals surface area contributed by atoms with Gasteiger partial charge in [0.25, 0.3) is 5.91 Å². The lowest BCUT2D eigenvalue weighted by Gasteiger charge is -2.32. The molecule has 1 aliphatic heterocycles. The first-order valence-electron chi connectivity index (χ1n) is 7.55. The summed E-state index contributed by atoms with van der Waals surface area (Å²) >= 11 is 8.14. The average molecular weight is 435 g/mol. The van der Waals surface area contributed by atoms with E-state index >= 15 is 0 Å². The zero-order valence-electron chi connectivity index (χ0n) is 12.6. The van der Waals surface area contributed by atoms with Gasteiger partial charge in [0.2, 0.25) is 5.91 Å². The van der Waals surface area contributed by atoms with E-state index in [1.54, 1.807) is 17.0 Å². The number of hydrogen-bond acceptors (Lipinski definition) is 2. The number of hydrogen-bond donors (Lipinski definition) is 1. The minimum atomic E-state index is -0.110. The van der Waals surface area contributed by atoms with Gasteiger partial charge in [-0.1, -0.05) is 18.5 Å². The topological polar surface area (TPSA) is 49.4 Å². The number of amides is 2. The summed E-state index contributed by atoms with van der Waals surface area (Å²) in [5.41, 5.74) is 0.614. The van der Waals surface area contributed by atoms with E-state index in [9.17, 15) is 9.59 Å². The van der Waals surface area contributed by atoms with E-state index in [-0.39, 0.29) is 17.7 Å². The Morgan fingerprint density at radius 1 is 1.45 bits per heavy atom. The summed E-state index contributed by atoms with van der Waals surface area (Å²) in [5.74, 6) is -0.0962. The molecule has 0 bridgehead atoms. The Hall–Kier alpha value is -0.820. The van der Waals surface area contributed by atoms with Gasteiger partial charge in [0.05, 0.1) is 11.5 Å². The predicted octanol–water partition coefficient (Wildman–Crippen LogP) is 3.32. The van der Waals surface area contributed by atoms with E-state index in [0.29, 0.717) is 30.2 Å². The SMILES string of the molecule is CCCNC(=O)C1CCCN(C(=O)c2cc(Cl)ccc2I)C1. The third kappa shape index (κ3) is 4.35. The van der Waals surface area contributed by atoms with Crippen molar-refractivity contribution in [2.45, 2.75) is 26.2 Å². The maximum atomic E-state index is 12.7. The minimum absolute atomic E-state index is 0.0418. The molecule has 1 fully saturated rings. The van der Waals surface area contributed by atoms with Crippen LogP contribution in [0.15, 0.2) is 18.2 Å². The number of piperidine rings is 1. The Morgan fingerprint density at radius 3 is 2.95 bits per heavy atom. The Bertz CT molecular complexity index is 565. The smallest absolute Gasteiger partial charge is 0.255 e. The largest absolute Gasteiger partial charge is 0.356 e. The molecule has 120 valence electrons. The zero-order valence-corrected chi connectivity index (χ0v) is 15.5. The molecule has 6 heteroatoms. The van der Waals surface area contributed by atoms with Crippen molar-refractivity contribution < 1.29 is 9.59 Å². The number of benzene rings is 1. The highest BCUT2D eigenvalue weighted by Crippen LogP contribution is 2.23. The van der Waals surface area contributed by atoms with Gasteiger partial charge in [-0.3, -0.25) is 9.59 Å². The van der Waals surface area contributed by atoms with Gasteiger partial charge < -0.3 is 10.2 Å². The fourth-order valence-electron chi connectivity index (χ4n) is 2.60. The van der Waals surface area contributed by atoms with Crippen molar-refractivity contribution in [1.29, 1.82) is 0 Å². The third-order valence-corrected chi connectivity index (χ3v) is 4.96. The molecule has 1 aliphatic rings. The number of carbonyl (C=O) groups excluding carboxylic acids is 2. The minimum Gasteiger partial charge on any atom is -0.356 e. The van der Waals surface area contributed by atoms with Gasteiger partial charge in [-0.25, -0.2) is 0 Å². The second kappa shape index (κ2) is 8.15. The van der Waals surface area contributed by atoms with Gasteiger partial charge in [-0.15, -0.1) is 0 Å². The van der Waals surface area contributed by atoms with Crippen molar-refractivity contribution in [3.63, 3.8) is 0 Å². The normalized spacial score (nSPS) is 18.1. The summed E-state index contributed by atoms with van der Waals surface area (Å²) in [6.07, 6.45) is 2.61. The average Bonchev–Trinajstić information content (AvgIpc) is 2.54. The van der Waals surface area contributed by atoms with Crippen LogP contribution in [0.25, 0.3) is 0 Å². The van der Waals surface area contributed by atoms with Crippen molar-refractivity contribution in [3.8, 4) is 0 Å². The zero-order chi connectivity index (χ0) is 16.1. The van der Waals surface area contributed by atoms with Crippen molar-refractivity contribution in [1.82, 2.24) is 10.2 Å². The molecular formula is C16H20ClIN2O2. The molecule has 4 nitrogen and oxygen atoms in total. The second-order valence-corrected chi connectivity index (χ2v) is 7.10. The number of nitrogens with zero attached hydrogens (tertiary/aromatic N) is 1. The number of likely N-dealkylation sites (tertiary alicyclic amines) is 1. The second-order valence-electron chi connectivity index (χ2n) is 5.51. The summed E-state index contributed by atoms with van der Waals surface area (Å²) in [6, 6.07) is 5.31. The molecule has 1 heterocycles. The van der Waals surface area contributed by atoms with Crippen molar-refractivity contribution in [3.05, 3.63) is 32.4 Å². The molecule has 0 spiro atoms. The maximum Gasteiger partial charge on any atom is 0.255 e. The van der Waals surface area contributed by atoms with Gasteiger partial charge in [-0.05, 0) is 60.1 Å². The molecule has 1 aromatic carbocycles. The van der Waals surface area contributed by atoms with Gasteiger partial charge in [-0.2, -0.15) is 0 Å². The van der Waals surface area contributed by atoms with Crippen LogP contribution in [0, 0.1) is 9.49 Å². The summed E-state index contributed by atoms with van der Waals surface area (Å²) in [7, 11) is 0. The number of rotatable bonds is 4. The molecule has 2 amide bonds. The molecule has 1 unspecified atom stereocenters. The third-order valence-electron chi connectivity index (χ3n) is 3.79. The summed E-state index contributed by atoms with van der Waals surface area (Å²) < 4.78 is 0.879. The quantitative estimate of drug-likeness (QED) is 0.739. The van der Waals surface area contributed by atoms with E-state index in [4.69, 9.17) is 11.6 Å².